The van der Waals surface area contributed by atoms with E-state index in [4.69, 9.17) is 10.4 Å². The van der Waals surface area contributed by atoms with Gasteiger partial charge < -0.3 is 15.0 Å². The van der Waals surface area contributed by atoms with Gasteiger partial charge in [0.15, 0.2) is 0 Å². The Labute approximate surface area is 115 Å². The molecule has 1 atom stereocenters. The zero-order valence-corrected chi connectivity index (χ0v) is 10.8. The number of piperidine rings is 1. The monoisotopic (exact) mass is 270 g/mol. The van der Waals surface area contributed by atoms with Gasteiger partial charge in [0.2, 0.25) is 5.95 Å². The molecule has 0 radical (unpaired) electrons. The summed E-state index contributed by atoms with van der Waals surface area (Å²) in [5, 5.41) is 18.0. The van der Waals surface area contributed by atoms with Crippen molar-refractivity contribution in [1.82, 2.24) is 9.97 Å². The predicted octanol–water partition coefficient (Wildman–Crippen LogP) is 1.74. The largest absolute Gasteiger partial charge is 0.481 e. The molecular weight excluding hydrogens is 256 g/mol. The molecule has 1 unspecified atom stereocenters. The van der Waals surface area contributed by atoms with E-state index in [1.807, 2.05) is 4.90 Å². The van der Waals surface area contributed by atoms with Gasteiger partial charge in [0.1, 0.15) is 0 Å². The van der Waals surface area contributed by atoms with Gasteiger partial charge in [-0.25, -0.2) is 4.98 Å². The molecular formula is C14H14N4O2. The summed E-state index contributed by atoms with van der Waals surface area (Å²) >= 11 is 0. The van der Waals surface area contributed by atoms with E-state index in [0.717, 1.165) is 24.0 Å². The number of carboxylic acids is 1. The van der Waals surface area contributed by atoms with E-state index >= 15 is 0 Å². The number of fused-ring (bicyclic) bond motifs is 1. The quantitative estimate of drug-likeness (QED) is 0.867. The van der Waals surface area contributed by atoms with E-state index in [0.29, 0.717) is 24.5 Å². The molecule has 1 fully saturated rings. The number of benzene rings is 1. The van der Waals surface area contributed by atoms with Crippen molar-refractivity contribution in [3.8, 4) is 6.07 Å². The summed E-state index contributed by atoms with van der Waals surface area (Å²) in [6, 6.07) is 7.37. The number of rotatable bonds is 2. The first-order chi connectivity index (χ1) is 9.67. The van der Waals surface area contributed by atoms with Crippen molar-refractivity contribution in [2.24, 2.45) is 5.92 Å². The van der Waals surface area contributed by atoms with Gasteiger partial charge in [-0.15, -0.1) is 0 Å². The normalized spacial score (nSPS) is 18.9. The van der Waals surface area contributed by atoms with Gasteiger partial charge in [0.25, 0.3) is 0 Å². The molecule has 20 heavy (non-hydrogen) atoms. The maximum atomic E-state index is 11.1. The summed E-state index contributed by atoms with van der Waals surface area (Å²) in [6.45, 7) is 1.27. The molecule has 1 aliphatic rings. The molecule has 1 aliphatic heterocycles. The number of aromatic nitrogens is 2. The molecule has 6 nitrogen and oxygen atoms in total. The molecule has 1 saturated heterocycles. The number of hydrogen-bond acceptors (Lipinski definition) is 4. The first-order valence-electron chi connectivity index (χ1n) is 6.55. The standard InChI is InChI=1S/C14H14N4O2/c15-7-9-3-4-11-12(6-9)17-14(16-11)18-5-1-2-10(8-18)13(19)20/h3-4,6,10H,1-2,5,8H2,(H,16,17)(H,19,20). The zero-order valence-electron chi connectivity index (χ0n) is 10.8. The molecule has 2 N–H and O–H groups in total. The number of nitrogens with one attached hydrogen (secondary N) is 1. The van der Waals surface area contributed by atoms with Crippen molar-refractivity contribution in [3.63, 3.8) is 0 Å². The number of anilines is 1. The van der Waals surface area contributed by atoms with Crippen LogP contribution in [0.25, 0.3) is 11.0 Å². The Kier molecular flexibility index (Phi) is 3.03. The summed E-state index contributed by atoms with van der Waals surface area (Å²) in [4.78, 5) is 20.7. The molecule has 0 aliphatic carbocycles. The number of imidazole rings is 1. The molecule has 3 rings (SSSR count). The number of nitriles is 1. The third kappa shape index (κ3) is 2.18. The lowest BCUT2D eigenvalue weighted by atomic mass is 9.99. The van der Waals surface area contributed by atoms with Crippen LogP contribution in [0, 0.1) is 17.2 Å². The zero-order chi connectivity index (χ0) is 14.1. The number of H-pyrrole nitrogens is 1. The molecule has 2 aromatic rings. The highest BCUT2D eigenvalue weighted by Crippen LogP contribution is 2.24. The Balaban J connectivity index is 1.90. The first-order valence-corrected chi connectivity index (χ1v) is 6.55. The number of nitrogens with zero attached hydrogens (tertiary/aromatic N) is 3. The highest BCUT2D eigenvalue weighted by Gasteiger charge is 2.26. The Bertz CT molecular complexity index is 701. The first kappa shape index (κ1) is 12.5. The van der Waals surface area contributed by atoms with Gasteiger partial charge in [-0.05, 0) is 31.0 Å². The minimum absolute atomic E-state index is 0.341. The second kappa shape index (κ2) is 4.85. The van der Waals surface area contributed by atoms with E-state index in [2.05, 4.69) is 16.0 Å². The fourth-order valence-corrected chi connectivity index (χ4v) is 2.59. The molecule has 0 bridgehead atoms. The van der Waals surface area contributed by atoms with Gasteiger partial charge in [-0.2, -0.15) is 5.26 Å². The summed E-state index contributed by atoms with van der Waals surface area (Å²) in [5.41, 5.74) is 2.17. The van der Waals surface area contributed by atoms with Crippen LogP contribution in [0.4, 0.5) is 5.95 Å². The van der Waals surface area contributed by atoms with Crippen molar-refractivity contribution in [2.75, 3.05) is 18.0 Å². The number of hydrogen-bond donors (Lipinski definition) is 2. The molecule has 0 saturated carbocycles. The van der Waals surface area contributed by atoms with Crippen molar-refractivity contribution in [1.29, 1.82) is 5.26 Å². The average Bonchev–Trinajstić information content (AvgIpc) is 2.90. The van der Waals surface area contributed by atoms with Crippen LogP contribution in [0.1, 0.15) is 18.4 Å². The molecule has 102 valence electrons. The van der Waals surface area contributed by atoms with Gasteiger partial charge in [-0.1, -0.05) is 0 Å². The summed E-state index contributed by atoms with van der Waals surface area (Å²) in [6.07, 6.45) is 1.56. The highest BCUT2D eigenvalue weighted by molar-refractivity contribution is 5.79. The second-order valence-corrected chi connectivity index (χ2v) is 5.03. The van der Waals surface area contributed by atoms with Crippen LogP contribution in [0.15, 0.2) is 18.2 Å². The fraction of sp³-hybridized carbons (Fsp3) is 0.357. The lowest BCUT2D eigenvalue weighted by Crippen LogP contribution is -2.39. The maximum absolute atomic E-state index is 11.1. The molecule has 0 spiro atoms. The lowest BCUT2D eigenvalue weighted by molar-refractivity contribution is -0.141. The third-order valence-corrected chi connectivity index (χ3v) is 3.67. The Morgan fingerprint density at radius 1 is 1.55 bits per heavy atom. The van der Waals surface area contributed by atoms with E-state index in [1.54, 1.807) is 18.2 Å². The van der Waals surface area contributed by atoms with Crippen molar-refractivity contribution >= 4 is 23.0 Å². The minimum atomic E-state index is -0.752. The number of aromatic amines is 1. The number of carboxylic acid groups (broad SMARTS) is 1. The van der Waals surface area contributed by atoms with Crippen LogP contribution >= 0.6 is 0 Å². The van der Waals surface area contributed by atoms with Crippen LogP contribution in [0.5, 0.6) is 0 Å². The van der Waals surface area contributed by atoms with Crippen LogP contribution in [0.3, 0.4) is 0 Å². The topological polar surface area (TPSA) is 93.0 Å². The predicted molar refractivity (Wildman–Crippen MR) is 73.4 cm³/mol. The molecule has 1 aromatic heterocycles. The number of aliphatic carboxylic acids is 1. The van der Waals surface area contributed by atoms with Crippen molar-refractivity contribution < 1.29 is 9.90 Å². The Morgan fingerprint density at radius 3 is 3.15 bits per heavy atom. The fourth-order valence-electron chi connectivity index (χ4n) is 2.59. The van der Waals surface area contributed by atoms with Crippen LogP contribution in [-0.4, -0.2) is 34.1 Å². The Hall–Kier alpha value is -2.55. The van der Waals surface area contributed by atoms with Crippen LogP contribution < -0.4 is 4.90 Å². The summed E-state index contributed by atoms with van der Waals surface area (Å²) < 4.78 is 0. The minimum Gasteiger partial charge on any atom is -0.481 e. The molecule has 0 amide bonds. The second-order valence-electron chi connectivity index (χ2n) is 5.03. The number of carbonyl (C=O) groups is 1. The van der Waals surface area contributed by atoms with Gasteiger partial charge >= 0.3 is 5.97 Å². The molecule has 1 aromatic carbocycles. The summed E-state index contributed by atoms with van der Waals surface area (Å²) in [7, 11) is 0. The van der Waals surface area contributed by atoms with Crippen molar-refractivity contribution in [2.45, 2.75) is 12.8 Å². The van der Waals surface area contributed by atoms with Crippen molar-refractivity contribution in [3.05, 3.63) is 23.8 Å². The summed E-state index contributed by atoms with van der Waals surface area (Å²) in [5.74, 6) is -0.412. The van der Waals surface area contributed by atoms with E-state index < -0.39 is 5.97 Å². The van der Waals surface area contributed by atoms with E-state index in [9.17, 15) is 4.79 Å². The van der Waals surface area contributed by atoms with Crippen LogP contribution in [-0.2, 0) is 4.79 Å². The molecule has 6 heteroatoms. The highest BCUT2D eigenvalue weighted by atomic mass is 16.4. The smallest absolute Gasteiger partial charge is 0.308 e. The van der Waals surface area contributed by atoms with E-state index in [1.165, 1.54) is 0 Å². The third-order valence-electron chi connectivity index (χ3n) is 3.67. The van der Waals surface area contributed by atoms with E-state index in [-0.39, 0.29) is 5.92 Å². The van der Waals surface area contributed by atoms with Gasteiger partial charge in [-0.3, -0.25) is 4.79 Å². The lowest BCUT2D eigenvalue weighted by Gasteiger charge is -2.30. The SMILES string of the molecule is N#Cc1ccc2nc(N3CCCC(C(=O)O)C3)[nH]c2c1. The average molecular weight is 270 g/mol. The maximum Gasteiger partial charge on any atom is 0.308 e. The molecule has 2 heterocycles. The van der Waals surface area contributed by atoms with Gasteiger partial charge in [0.05, 0.1) is 28.6 Å². The van der Waals surface area contributed by atoms with Crippen LogP contribution in [0.2, 0.25) is 0 Å². The van der Waals surface area contributed by atoms with Gasteiger partial charge in [0, 0.05) is 13.1 Å². The Morgan fingerprint density at radius 2 is 2.40 bits per heavy atom.